The number of nitrogens with zero attached hydrogens (tertiary/aromatic N) is 5. The van der Waals surface area contributed by atoms with Crippen molar-refractivity contribution in [2.75, 3.05) is 18.6 Å². The fourth-order valence-electron chi connectivity index (χ4n) is 6.17. The Morgan fingerprint density at radius 1 is 1.05 bits per heavy atom. The molecule has 1 amide bonds. The number of hydrogen-bond acceptors (Lipinski definition) is 6. The lowest BCUT2D eigenvalue weighted by molar-refractivity contribution is -0.124. The third-order valence-corrected chi connectivity index (χ3v) is 8.47. The third kappa shape index (κ3) is 6.71. The van der Waals surface area contributed by atoms with Gasteiger partial charge in [0.1, 0.15) is 5.75 Å². The predicted octanol–water partition coefficient (Wildman–Crippen LogP) is 4.79. The van der Waals surface area contributed by atoms with E-state index in [1.807, 2.05) is 29.2 Å². The number of anilines is 1. The van der Waals surface area contributed by atoms with Gasteiger partial charge in [0.15, 0.2) is 0 Å². The van der Waals surface area contributed by atoms with Gasteiger partial charge >= 0.3 is 0 Å². The zero-order valence-electron chi connectivity index (χ0n) is 23.7. The number of aliphatic hydroxyl groups excluding tert-OH is 1. The van der Waals surface area contributed by atoms with Crippen molar-refractivity contribution in [3.05, 3.63) is 65.0 Å². The number of hydrogen-bond donors (Lipinski definition) is 1. The lowest BCUT2D eigenvalue weighted by atomic mass is 9.78. The Kier molecular flexibility index (Phi) is 8.81. The molecule has 40 heavy (non-hydrogen) atoms. The first-order chi connectivity index (χ1) is 19.4. The molecule has 8 nitrogen and oxygen atoms in total. The number of aromatic nitrogens is 4. The van der Waals surface area contributed by atoms with Crippen molar-refractivity contribution >= 4 is 11.6 Å². The summed E-state index contributed by atoms with van der Waals surface area (Å²) < 4.78 is 5.45. The van der Waals surface area contributed by atoms with Crippen LogP contribution in [-0.2, 0) is 11.8 Å². The highest BCUT2D eigenvalue weighted by Gasteiger charge is 2.32. The molecule has 1 heterocycles. The van der Waals surface area contributed by atoms with E-state index in [1.54, 1.807) is 14.2 Å². The van der Waals surface area contributed by atoms with Crippen LogP contribution in [0.4, 0.5) is 5.69 Å². The highest BCUT2D eigenvalue weighted by atomic mass is 16.5. The van der Waals surface area contributed by atoms with Crippen LogP contribution in [0.5, 0.6) is 5.75 Å². The van der Waals surface area contributed by atoms with Gasteiger partial charge in [-0.25, -0.2) is 0 Å². The van der Waals surface area contributed by atoms with Crippen LogP contribution in [-0.4, -0.2) is 51.0 Å². The van der Waals surface area contributed by atoms with Gasteiger partial charge in [0.2, 0.25) is 11.7 Å². The van der Waals surface area contributed by atoms with Crippen molar-refractivity contribution in [3.8, 4) is 17.6 Å². The molecular formula is C32H39N5O3. The standard InChI is InChI=1S/C32H39N5O3/c1-22-19-27(14-17-30(22)40-3)25-10-7-24(8-11-25)21-37(32(39)26-12-15-29(38)16-13-26)28-6-4-5-23(20-28)9-18-31-33-35-36(2)34-31/h4-6,14,17,19-20,24-26,29,38H,7-8,10-13,15-16,21H2,1-3H3/t24-,25-,26-,29-. The minimum absolute atomic E-state index is 0.0550. The number of rotatable bonds is 6. The van der Waals surface area contributed by atoms with E-state index < -0.39 is 0 Å². The molecule has 0 bridgehead atoms. The Morgan fingerprint density at radius 2 is 1.82 bits per heavy atom. The molecule has 2 saturated carbocycles. The molecule has 0 radical (unpaired) electrons. The van der Waals surface area contributed by atoms with Crippen molar-refractivity contribution in [3.63, 3.8) is 0 Å². The monoisotopic (exact) mass is 541 g/mol. The summed E-state index contributed by atoms with van der Waals surface area (Å²) >= 11 is 0. The van der Waals surface area contributed by atoms with Gasteiger partial charge in [0.25, 0.3) is 0 Å². The summed E-state index contributed by atoms with van der Waals surface area (Å²) in [5.74, 6) is 8.48. The molecule has 210 valence electrons. The molecule has 0 saturated heterocycles. The van der Waals surface area contributed by atoms with Gasteiger partial charge < -0.3 is 14.7 Å². The molecule has 5 rings (SSSR count). The molecule has 2 fully saturated rings. The zero-order valence-corrected chi connectivity index (χ0v) is 23.7. The molecule has 3 aromatic rings. The van der Waals surface area contributed by atoms with Crippen molar-refractivity contribution < 1.29 is 14.6 Å². The smallest absolute Gasteiger partial charge is 0.248 e. The van der Waals surface area contributed by atoms with Crippen molar-refractivity contribution in [2.45, 2.75) is 70.3 Å². The van der Waals surface area contributed by atoms with Gasteiger partial charge in [-0.15, -0.1) is 5.10 Å². The molecule has 2 aromatic carbocycles. The van der Waals surface area contributed by atoms with Crippen LogP contribution < -0.4 is 9.64 Å². The number of methoxy groups -OCH3 is 1. The number of aryl methyl sites for hydroxylation is 2. The Bertz CT molecular complexity index is 1370. The second-order valence-corrected chi connectivity index (χ2v) is 11.3. The van der Waals surface area contributed by atoms with Crippen LogP contribution in [0.2, 0.25) is 0 Å². The van der Waals surface area contributed by atoms with Crippen molar-refractivity contribution in [1.29, 1.82) is 0 Å². The maximum absolute atomic E-state index is 13.9. The van der Waals surface area contributed by atoms with Gasteiger partial charge in [0, 0.05) is 23.7 Å². The average Bonchev–Trinajstić information content (AvgIpc) is 3.40. The summed E-state index contributed by atoms with van der Waals surface area (Å²) in [6.45, 7) is 2.80. The minimum Gasteiger partial charge on any atom is -0.496 e. The van der Waals surface area contributed by atoms with Crippen molar-refractivity contribution in [2.24, 2.45) is 18.9 Å². The Morgan fingerprint density at radius 3 is 2.50 bits per heavy atom. The van der Waals surface area contributed by atoms with Gasteiger partial charge in [-0.1, -0.05) is 29.2 Å². The molecule has 2 aliphatic rings. The molecule has 0 unspecified atom stereocenters. The number of tetrazole rings is 1. The quantitative estimate of drug-likeness (QED) is 0.452. The molecule has 0 atom stereocenters. The maximum Gasteiger partial charge on any atom is 0.248 e. The van der Waals surface area contributed by atoms with Crippen LogP contribution >= 0.6 is 0 Å². The van der Waals surface area contributed by atoms with Gasteiger partial charge in [0.05, 0.1) is 20.3 Å². The van der Waals surface area contributed by atoms with Crippen LogP contribution in [0.1, 0.15) is 79.8 Å². The number of ether oxygens (including phenoxy) is 1. The first-order valence-corrected chi connectivity index (χ1v) is 14.4. The Balaban J connectivity index is 1.32. The summed E-state index contributed by atoms with van der Waals surface area (Å²) in [5.41, 5.74) is 4.24. The molecule has 2 aliphatic carbocycles. The van der Waals surface area contributed by atoms with Crippen LogP contribution in [0, 0.1) is 30.6 Å². The van der Waals surface area contributed by atoms with E-state index in [-0.39, 0.29) is 17.9 Å². The second kappa shape index (κ2) is 12.6. The summed E-state index contributed by atoms with van der Waals surface area (Å²) in [5, 5.41) is 21.9. The van der Waals surface area contributed by atoms with Gasteiger partial charge in [-0.2, -0.15) is 4.80 Å². The van der Waals surface area contributed by atoms with E-state index in [4.69, 9.17) is 4.74 Å². The topological polar surface area (TPSA) is 93.4 Å². The number of carbonyl (C=O) groups excluding carboxylic acids is 1. The predicted molar refractivity (Wildman–Crippen MR) is 154 cm³/mol. The fourth-order valence-corrected chi connectivity index (χ4v) is 6.17. The van der Waals surface area contributed by atoms with Gasteiger partial charge in [-0.3, -0.25) is 4.79 Å². The lowest BCUT2D eigenvalue weighted by Crippen LogP contribution is -2.41. The van der Waals surface area contributed by atoms with Gasteiger partial charge in [-0.05, 0) is 117 Å². The molecular weight excluding hydrogens is 502 g/mol. The SMILES string of the molecule is COc1ccc([C@H]2CC[C@H](CN(c3cccc(C#Cc4nnn(C)n4)c3)C(=O)[C@H]3CC[C@H](O)CC3)CC2)cc1C. The van der Waals surface area contributed by atoms with Crippen molar-refractivity contribution in [1.82, 2.24) is 20.2 Å². The average molecular weight is 542 g/mol. The molecule has 0 aliphatic heterocycles. The fraction of sp³-hybridized carbons (Fsp3) is 0.500. The molecule has 1 N–H and O–H groups in total. The molecule has 1 aromatic heterocycles. The molecule has 0 spiro atoms. The zero-order chi connectivity index (χ0) is 28.1. The first-order valence-electron chi connectivity index (χ1n) is 14.4. The van der Waals surface area contributed by atoms with E-state index in [1.165, 1.54) is 15.9 Å². The van der Waals surface area contributed by atoms with Crippen LogP contribution in [0.15, 0.2) is 42.5 Å². The highest BCUT2D eigenvalue weighted by molar-refractivity contribution is 5.95. The lowest BCUT2D eigenvalue weighted by Gasteiger charge is -2.36. The summed E-state index contributed by atoms with van der Waals surface area (Å²) in [6.07, 6.45) is 6.95. The number of amides is 1. The largest absolute Gasteiger partial charge is 0.496 e. The van der Waals surface area contributed by atoms with E-state index in [0.29, 0.717) is 37.0 Å². The molecule has 8 heteroatoms. The van der Waals surface area contributed by atoms with Crippen LogP contribution in [0.25, 0.3) is 0 Å². The number of aliphatic hydroxyl groups is 1. The minimum atomic E-state index is -0.289. The summed E-state index contributed by atoms with van der Waals surface area (Å²) in [7, 11) is 3.42. The second-order valence-electron chi connectivity index (χ2n) is 11.3. The highest BCUT2D eigenvalue weighted by Crippen LogP contribution is 2.38. The van der Waals surface area contributed by atoms with E-state index >= 15 is 0 Å². The number of carbonyl (C=O) groups is 1. The van der Waals surface area contributed by atoms with E-state index in [0.717, 1.165) is 55.5 Å². The maximum atomic E-state index is 13.9. The van der Waals surface area contributed by atoms with E-state index in [9.17, 15) is 9.90 Å². The Labute approximate surface area is 236 Å². The Hall–Kier alpha value is -3.70. The van der Waals surface area contributed by atoms with Crippen LogP contribution in [0.3, 0.4) is 0 Å². The first kappa shape index (κ1) is 27.9. The normalized spacial score (nSPS) is 22.7. The third-order valence-electron chi connectivity index (χ3n) is 8.47. The number of benzene rings is 2. The summed E-state index contributed by atoms with van der Waals surface area (Å²) in [6, 6.07) is 14.4. The summed E-state index contributed by atoms with van der Waals surface area (Å²) in [4.78, 5) is 17.3. The van der Waals surface area contributed by atoms with E-state index in [2.05, 4.69) is 52.4 Å².